The molecule has 1 saturated heterocycles. The van der Waals surface area contributed by atoms with E-state index in [0.717, 1.165) is 47.4 Å². The number of aromatic amines is 1. The Hall–Kier alpha value is -4.04. The van der Waals surface area contributed by atoms with Crippen molar-refractivity contribution in [1.29, 1.82) is 0 Å². The molecular weight excluding hydrogens is 443 g/mol. The van der Waals surface area contributed by atoms with Gasteiger partial charge in [0.15, 0.2) is 5.82 Å². The number of fused-ring (bicyclic) bond motifs is 1. The Bertz CT molecular complexity index is 1390. The summed E-state index contributed by atoms with van der Waals surface area (Å²) in [4.78, 5) is 15.9. The van der Waals surface area contributed by atoms with Gasteiger partial charge < -0.3 is 4.90 Å². The predicted octanol–water partition coefficient (Wildman–Crippen LogP) is 4.10. The number of hydrogen-bond donors (Lipinski definition) is 1. The topological polar surface area (TPSA) is 70.1 Å². The van der Waals surface area contributed by atoms with Crippen LogP contribution in [0.5, 0.6) is 0 Å². The van der Waals surface area contributed by atoms with Crippen LogP contribution in [0, 0.1) is 5.82 Å². The van der Waals surface area contributed by atoms with Crippen LogP contribution in [0.1, 0.15) is 16.8 Å². The van der Waals surface area contributed by atoms with Crippen LogP contribution in [0.2, 0.25) is 0 Å². The van der Waals surface area contributed by atoms with Gasteiger partial charge in [-0.3, -0.25) is 19.5 Å². The molecule has 0 radical (unpaired) electrons. The summed E-state index contributed by atoms with van der Waals surface area (Å²) in [6.07, 6.45) is 8.86. The molecule has 1 aliphatic heterocycles. The number of nitrogens with one attached hydrogen (secondary N) is 1. The summed E-state index contributed by atoms with van der Waals surface area (Å²) in [6.45, 7) is 7.47. The van der Waals surface area contributed by atoms with Crippen molar-refractivity contribution < 1.29 is 9.18 Å². The van der Waals surface area contributed by atoms with E-state index in [9.17, 15) is 9.18 Å². The van der Waals surface area contributed by atoms with Crippen LogP contribution < -0.4 is 0 Å². The van der Waals surface area contributed by atoms with Crippen molar-refractivity contribution in [2.45, 2.75) is 6.54 Å². The number of carbonyl (C=O) groups is 1. The van der Waals surface area contributed by atoms with E-state index < -0.39 is 0 Å². The number of halogens is 1. The number of aryl methyl sites for hydroxylation is 1. The lowest BCUT2D eigenvalue weighted by molar-refractivity contribution is -0.127. The van der Waals surface area contributed by atoms with Crippen LogP contribution >= 0.6 is 0 Å². The number of carbonyl (C=O) groups excluding carboxylic acids is 1. The maximum atomic E-state index is 14.9. The van der Waals surface area contributed by atoms with Gasteiger partial charge in [0.1, 0.15) is 5.52 Å². The zero-order chi connectivity index (χ0) is 24.4. The van der Waals surface area contributed by atoms with Crippen LogP contribution in [0.25, 0.3) is 34.2 Å². The van der Waals surface area contributed by atoms with Gasteiger partial charge in [-0.05, 0) is 47.1 Å². The number of hydrogen-bond acceptors (Lipinski definition) is 4. The summed E-state index contributed by atoms with van der Waals surface area (Å²) >= 11 is 0. The third-order valence-corrected chi connectivity index (χ3v) is 6.36. The number of H-pyrrole nitrogens is 1. The predicted molar refractivity (Wildman–Crippen MR) is 136 cm³/mol. The van der Waals surface area contributed by atoms with Gasteiger partial charge in [0.25, 0.3) is 0 Å². The van der Waals surface area contributed by atoms with Crippen molar-refractivity contribution in [1.82, 2.24) is 29.8 Å². The van der Waals surface area contributed by atoms with E-state index in [-0.39, 0.29) is 11.7 Å². The average molecular weight is 471 g/mol. The normalized spacial score (nSPS) is 14.7. The Morgan fingerprint density at radius 2 is 1.89 bits per heavy atom. The van der Waals surface area contributed by atoms with Crippen molar-refractivity contribution >= 4 is 29.0 Å². The SMILES string of the molecule is C=CC(=O)N1CCN(Cc2ccc(-c3cc(F)c4n[nH]c(/C=C/c5cnn(C)c5)c4c3)cc2)CC1. The molecule has 1 N–H and O–H groups in total. The van der Waals surface area contributed by atoms with Gasteiger partial charge in [-0.25, -0.2) is 4.39 Å². The third kappa shape index (κ3) is 4.93. The minimum Gasteiger partial charge on any atom is -0.337 e. The number of amides is 1. The molecule has 2 aromatic heterocycles. The van der Waals surface area contributed by atoms with Crippen molar-refractivity contribution in [2.24, 2.45) is 7.05 Å². The molecule has 7 nitrogen and oxygen atoms in total. The second-order valence-corrected chi connectivity index (χ2v) is 8.77. The van der Waals surface area contributed by atoms with Gasteiger partial charge in [-0.2, -0.15) is 10.2 Å². The highest BCUT2D eigenvalue weighted by Crippen LogP contribution is 2.29. The van der Waals surface area contributed by atoms with Crippen molar-refractivity contribution in [3.8, 4) is 11.1 Å². The van der Waals surface area contributed by atoms with Gasteiger partial charge in [-0.1, -0.05) is 30.8 Å². The number of rotatable bonds is 6. The largest absolute Gasteiger partial charge is 0.337 e. The van der Waals surface area contributed by atoms with Crippen LogP contribution in [0.4, 0.5) is 4.39 Å². The first-order valence-corrected chi connectivity index (χ1v) is 11.6. The van der Waals surface area contributed by atoms with Crippen LogP contribution in [-0.2, 0) is 18.4 Å². The average Bonchev–Trinajstić information content (AvgIpc) is 3.49. The van der Waals surface area contributed by atoms with Gasteiger partial charge in [0, 0.05) is 56.9 Å². The first-order valence-electron chi connectivity index (χ1n) is 11.6. The molecule has 3 heterocycles. The number of nitrogens with zero attached hydrogens (tertiary/aromatic N) is 5. The zero-order valence-electron chi connectivity index (χ0n) is 19.6. The molecule has 0 bridgehead atoms. The highest BCUT2D eigenvalue weighted by molar-refractivity contribution is 5.93. The molecule has 0 aliphatic carbocycles. The van der Waals surface area contributed by atoms with E-state index in [2.05, 4.69) is 38.9 Å². The summed E-state index contributed by atoms with van der Waals surface area (Å²) in [5.74, 6) is -0.364. The van der Waals surface area contributed by atoms with Crippen LogP contribution in [-0.4, -0.2) is 61.9 Å². The van der Waals surface area contributed by atoms with E-state index in [4.69, 9.17) is 0 Å². The molecule has 2 aromatic carbocycles. The molecule has 5 rings (SSSR count). The van der Waals surface area contributed by atoms with E-state index >= 15 is 0 Å². The monoisotopic (exact) mass is 470 g/mol. The van der Waals surface area contributed by atoms with E-state index in [1.165, 1.54) is 17.7 Å². The summed E-state index contributed by atoms with van der Waals surface area (Å²) < 4.78 is 16.6. The standard InChI is InChI=1S/C27H27FN6O/c1-3-26(35)34-12-10-33(11-13-34)18-19-4-7-21(8-5-19)22-14-23-25(30-31-27(23)24(28)15-22)9-6-20-16-29-32(2)17-20/h3-9,14-17H,1,10-13,18H2,2H3,(H,30,31)/b9-6+. The molecule has 0 unspecified atom stereocenters. The van der Waals surface area contributed by atoms with Gasteiger partial charge in [-0.15, -0.1) is 0 Å². The van der Waals surface area contributed by atoms with Crippen LogP contribution in [0.15, 0.2) is 61.4 Å². The molecule has 1 aliphatic rings. The van der Waals surface area contributed by atoms with Gasteiger partial charge >= 0.3 is 0 Å². The van der Waals surface area contributed by atoms with E-state index in [1.54, 1.807) is 10.9 Å². The molecule has 1 amide bonds. The molecule has 0 atom stereocenters. The van der Waals surface area contributed by atoms with Gasteiger partial charge in [0.2, 0.25) is 5.91 Å². The number of aromatic nitrogens is 4. The molecule has 8 heteroatoms. The lowest BCUT2D eigenvalue weighted by Gasteiger charge is -2.34. The highest BCUT2D eigenvalue weighted by atomic mass is 19.1. The fraction of sp³-hybridized carbons (Fsp3) is 0.222. The first kappa shape index (κ1) is 22.7. The molecule has 4 aromatic rings. The van der Waals surface area contributed by atoms with Gasteiger partial charge in [0.05, 0.1) is 11.9 Å². The maximum absolute atomic E-state index is 14.9. The second-order valence-electron chi connectivity index (χ2n) is 8.77. The minimum absolute atomic E-state index is 0.00783. The van der Waals surface area contributed by atoms with Crippen molar-refractivity contribution in [2.75, 3.05) is 26.2 Å². The molecule has 35 heavy (non-hydrogen) atoms. The zero-order valence-corrected chi connectivity index (χ0v) is 19.6. The Morgan fingerprint density at radius 3 is 2.57 bits per heavy atom. The molecule has 0 saturated carbocycles. The first-order chi connectivity index (χ1) is 17.0. The quantitative estimate of drug-likeness (QED) is 0.431. The lowest BCUT2D eigenvalue weighted by atomic mass is 10.0. The Kier molecular flexibility index (Phi) is 6.29. The Balaban J connectivity index is 1.31. The maximum Gasteiger partial charge on any atom is 0.246 e. The van der Waals surface area contributed by atoms with E-state index in [0.29, 0.717) is 18.6 Å². The van der Waals surface area contributed by atoms with Crippen LogP contribution in [0.3, 0.4) is 0 Å². The Labute approximate surface area is 203 Å². The molecule has 1 fully saturated rings. The van der Waals surface area contributed by atoms with E-state index in [1.807, 2.05) is 48.5 Å². The smallest absolute Gasteiger partial charge is 0.246 e. The highest BCUT2D eigenvalue weighted by Gasteiger charge is 2.19. The number of benzene rings is 2. The summed E-state index contributed by atoms with van der Waals surface area (Å²) in [5.41, 5.74) is 4.95. The molecule has 178 valence electrons. The molecular formula is C27H27FN6O. The summed E-state index contributed by atoms with van der Waals surface area (Å²) in [5, 5.41) is 12.0. The third-order valence-electron chi connectivity index (χ3n) is 6.36. The van der Waals surface area contributed by atoms with Crippen molar-refractivity contribution in [3.05, 3.63) is 84.1 Å². The summed E-state index contributed by atoms with van der Waals surface area (Å²) in [6, 6.07) is 11.7. The minimum atomic E-state index is -0.356. The number of piperazine rings is 1. The fourth-order valence-electron chi connectivity index (χ4n) is 4.41. The molecule has 0 spiro atoms. The summed E-state index contributed by atoms with van der Waals surface area (Å²) in [7, 11) is 1.86. The van der Waals surface area contributed by atoms with Crippen molar-refractivity contribution in [3.63, 3.8) is 0 Å². The second kappa shape index (κ2) is 9.68. The Morgan fingerprint density at radius 1 is 1.11 bits per heavy atom. The fourth-order valence-corrected chi connectivity index (χ4v) is 4.41. The lowest BCUT2D eigenvalue weighted by Crippen LogP contribution is -2.47.